The zero-order chi connectivity index (χ0) is 13.3. The SMILES string of the molecule is O=C(CCC1CCCC1)NCCCc1ccccc1. The van der Waals surface area contributed by atoms with Crippen LogP contribution < -0.4 is 5.32 Å². The van der Waals surface area contributed by atoms with Crippen molar-refractivity contribution in [3.05, 3.63) is 35.9 Å². The van der Waals surface area contributed by atoms with E-state index >= 15 is 0 Å². The van der Waals surface area contributed by atoms with Crippen LogP contribution in [0.1, 0.15) is 50.5 Å². The summed E-state index contributed by atoms with van der Waals surface area (Å²) >= 11 is 0. The van der Waals surface area contributed by atoms with Gasteiger partial charge in [0.15, 0.2) is 0 Å². The number of aryl methyl sites for hydroxylation is 1. The van der Waals surface area contributed by atoms with Gasteiger partial charge in [-0.05, 0) is 30.7 Å². The van der Waals surface area contributed by atoms with Crippen LogP contribution in [-0.2, 0) is 11.2 Å². The minimum absolute atomic E-state index is 0.236. The standard InChI is InChI=1S/C17H25NO/c19-17(13-12-16-9-4-5-10-16)18-14-6-11-15-7-2-1-3-8-15/h1-3,7-8,16H,4-6,9-14H2,(H,18,19). The molecule has 0 spiro atoms. The summed E-state index contributed by atoms with van der Waals surface area (Å²) < 4.78 is 0. The lowest BCUT2D eigenvalue weighted by Crippen LogP contribution is -2.24. The summed E-state index contributed by atoms with van der Waals surface area (Å²) in [7, 11) is 0. The molecule has 1 fully saturated rings. The number of nitrogens with one attached hydrogen (secondary N) is 1. The van der Waals surface area contributed by atoms with E-state index in [0.29, 0.717) is 0 Å². The number of hydrogen-bond acceptors (Lipinski definition) is 1. The van der Waals surface area contributed by atoms with Crippen molar-refractivity contribution in [2.24, 2.45) is 5.92 Å². The molecule has 1 aromatic carbocycles. The Hall–Kier alpha value is -1.31. The van der Waals surface area contributed by atoms with Gasteiger partial charge in [-0.3, -0.25) is 4.79 Å². The number of hydrogen-bond donors (Lipinski definition) is 1. The van der Waals surface area contributed by atoms with E-state index in [1.165, 1.54) is 31.2 Å². The highest BCUT2D eigenvalue weighted by Crippen LogP contribution is 2.28. The van der Waals surface area contributed by atoms with E-state index in [-0.39, 0.29) is 5.91 Å². The first-order chi connectivity index (χ1) is 9.34. The highest BCUT2D eigenvalue weighted by molar-refractivity contribution is 5.75. The highest BCUT2D eigenvalue weighted by atomic mass is 16.1. The van der Waals surface area contributed by atoms with Crippen LogP contribution in [-0.4, -0.2) is 12.5 Å². The van der Waals surface area contributed by atoms with Gasteiger partial charge in [0.25, 0.3) is 0 Å². The lowest BCUT2D eigenvalue weighted by Gasteiger charge is -2.09. The van der Waals surface area contributed by atoms with Gasteiger partial charge in [-0.2, -0.15) is 0 Å². The summed E-state index contributed by atoms with van der Waals surface area (Å²) in [5.74, 6) is 1.05. The monoisotopic (exact) mass is 259 g/mol. The van der Waals surface area contributed by atoms with Crippen molar-refractivity contribution in [1.29, 1.82) is 0 Å². The van der Waals surface area contributed by atoms with E-state index in [9.17, 15) is 4.79 Å². The van der Waals surface area contributed by atoms with Gasteiger partial charge in [-0.15, -0.1) is 0 Å². The van der Waals surface area contributed by atoms with Crippen molar-refractivity contribution in [3.63, 3.8) is 0 Å². The Bertz CT molecular complexity index is 368. The average molecular weight is 259 g/mol. The number of carbonyl (C=O) groups is 1. The molecule has 0 bridgehead atoms. The molecule has 1 aromatic rings. The lowest BCUT2D eigenvalue weighted by molar-refractivity contribution is -0.121. The molecule has 0 atom stereocenters. The van der Waals surface area contributed by atoms with Gasteiger partial charge in [0.1, 0.15) is 0 Å². The van der Waals surface area contributed by atoms with Gasteiger partial charge in [0.2, 0.25) is 5.91 Å². The fourth-order valence-corrected chi connectivity index (χ4v) is 2.89. The molecule has 0 unspecified atom stereocenters. The maximum atomic E-state index is 11.7. The Morgan fingerprint density at radius 1 is 1.16 bits per heavy atom. The van der Waals surface area contributed by atoms with E-state index in [0.717, 1.165) is 38.1 Å². The first-order valence-corrected chi connectivity index (χ1v) is 7.65. The van der Waals surface area contributed by atoms with Gasteiger partial charge in [-0.25, -0.2) is 0 Å². The zero-order valence-corrected chi connectivity index (χ0v) is 11.7. The minimum Gasteiger partial charge on any atom is -0.356 e. The Kier molecular flexibility index (Phi) is 5.93. The minimum atomic E-state index is 0.236. The van der Waals surface area contributed by atoms with Gasteiger partial charge in [0, 0.05) is 13.0 Å². The molecule has 1 N–H and O–H groups in total. The number of amides is 1. The molecule has 104 valence electrons. The Labute approximate surface area is 116 Å². The van der Waals surface area contributed by atoms with Crippen molar-refractivity contribution in [1.82, 2.24) is 5.32 Å². The molecule has 2 nitrogen and oxygen atoms in total. The first-order valence-electron chi connectivity index (χ1n) is 7.65. The summed E-state index contributed by atoms with van der Waals surface area (Å²) in [5.41, 5.74) is 1.35. The molecular formula is C17H25NO. The van der Waals surface area contributed by atoms with Crippen LogP contribution in [0.25, 0.3) is 0 Å². The van der Waals surface area contributed by atoms with E-state index in [1.807, 2.05) is 6.07 Å². The summed E-state index contributed by atoms with van der Waals surface area (Å²) in [6.07, 6.45) is 9.28. The molecule has 1 aliphatic rings. The molecule has 1 aliphatic carbocycles. The van der Waals surface area contributed by atoms with Crippen LogP contribution in [0.15, 0.2) is 30.3 Å². The largest absolute Gasteiger partial charge is 0.356 e. The molecule has 1 amide bonds. The molecule has 19 heavy (non-hydrogen) atoms. The second-order valence-electron chi connectivity index (χ2n) is 5.63. The first kappa shape index (κ1) is 14.1. The van der Waals surface area contributed by atoms with E-state index in [1.54, 1.807) is 0 Å². The maximum Gasteiger partial charge on any atom is 0.220 e. The third kappa shape index (κ3) is 5.46. The fourth-order valence-electron chi connectivity index (χ4n) is 2.89. The normalized spacial score (nSPS) is 15.6. The second-order valence-corrected chi connectivity index (χ2v) is 5.63. The second kappa shape index (κ2) is 7.98. The smallest absolute Gasteiger partial charge is 0.220 e. The number of benzene rings is 1. The fraction of sp³-hybridized carbons (Fsp3) is 0.588. The predicted octanol–water partition coefficient (Wildman–Crippen LogP) is 3.71. The van der Waals surface area contributed by atoms with Crippen molar-refractivity contribution in [2.75, 3.05) is 6.54 Å². The maximum absolute atomic E-state index is 11.7. The number of rotatable bonds is 7. The summed E-state index contributed by atoms with van der Waals surface area (Å²) in [4.78, 5) is 11.7. The average Bonchev–Trinajstić information content (AvgIpc) is 2.96. The molecule has 0 saturated heterocycles. The Balaban J connectivity index is 1.51. The Morgan fingerprint density at radius 2 is 1.89 bits per heavy atom. The van der Waals surface area contributed by atoms with Crippen LogP contribution in [0.4, 0.5) is 0 Å². The van der Waals surface area contributed by atoms with Crippen LogP contribution in [0.3, 0.4) is 0 Å². The van der Waals surface area contributed by atoms with Gasteiger partial charge >= 0.3 is 0 Å². The summed E-state index contributed by atoms with van der Waals surface area (Å²) in [6.45, 7) is 0.804. The van der Waals surface area contributed by atoms with Crippen molar-refractivity contribution < 1.29 is 4.79 Å². The van der Waals surface area contributed by atoms with Crippen LogP contribution >= 0.6 is 0 Å². The molecule has 2 rings (SSSR count). The molecule has 1 saturated carbocycles. The molecule has 2 heteroatoms. The summed E-state index contributed by atoms with van der Waals surface area (Å²) in [6, 6.07) is 10.4. The van der Waals surface area contributed by atoms with Crippen LogP contribution in [0.2, 0.25) is 0 Å². The molecular weight excluding hydrogens is 234 g/mol. The molecule has 0 aliphatic heterocycles. The molecule has 0 radical (unpaired) electrons. The van der Waals surface area contributed by atoms with Crippen molar-refractivity contribution in [2.45, 2.75) is 51.4 Å². The van der Waals surface area contributed by atoms with E-state index < -0.39 is 0 Å². The molecule has 0 aromatic heterocycles. The number of carbonyl (C=O) groups excluding carboxylic acids is 1. The zero-order valence-electron chi connectivity index (χ0n) is 11.7. The van der Waals surface area contributed by atoms with Gasteiger partial charge in [0.05, 0.1) is 0 Å². The van der Waals surface area contributed by atoms with Crippen LogP contribution in [0.5, 0.6) is 0 Å². The van der Waals surface area contributed by atoms with Crippen molar-refractivity contribution >= 4 is 5.91 Å². The highest BCUT2D eigenvalue weighted by Gasteiger charge is 2.15. The van der Waals surface area contributed by atoms with E-state index in [4.69, 9.17) is 0 Å². The van der Waals surface area contributed by atoms with E-state index in [2.05, 4.69) is 29.6 Å². The predicted molar refractivity (Wildman–Crippen MR) is 79.0 cm³/mol. The van der Waals surface area contributed by atoms with Crippen LogP contribution in [0, 0.1) is 5.92 Å². The quantitative estimate of drug-likeness (QED) is 0.743. The third-order valence-electron chi connectivity index (χ3n) is 4.06. The Morgan fingerprint density at radius 3 is 2.63 bits per heavy atom. The van der Waals surface area contributed by atoms with Crippen molar-refractivity contribution in [3.8, 4) is 0 Å². The lowest BCUT2D eigenvalue weighted by atomic mass is 10.0. The summed E-state index contributed by atoms with van der Waals surface area (Å²) in [5, 5.41) is 3.04. The molecule has 0 heterocycles. The topological polar surface area (TPSA) is 29.1 Å². The third-order valence-corrected chi connectivity index (χ3v) is 4.06. The van der Waals surface area contributed by atoms with Gasteiger partial charge < -0.3 is 5.32 Å². The van der Waals surface area contributed by atoms with Gasteiger partial charge in [-0.1, -0.05) is 56.0 Å².